The minimum absolute atomic E-state index is 0.0491. The summed E-state index contributed by atoms with van der Waals surface area (Å²) in [5.74, 6) is -0.283. The molecule has 1 aromatic carbocycles. The van der Waals surface area contributed by atoms with Crippen LogP contribution in [0.15, 0.2) is 24.3 Å². The largest absolute Gasteiger partial charge is 0.445 e. The maximum atomic E-state index is 12.7. The average Bonchev–Trinajstić information content (AvgIpc) is 2.39. The van der Waals surface area contributed by atoms with Crippen molar-refractivity contribution in [1.82, 2.24) is 10.6 Å². The Morgan fingerprint density at radius 2 is 2.22 bits per heavy atom. The highest BCUT2D eigenvalue weighted by atomic mass is 19.1. The molecule has 1 aliphatic rings. The fraction of sp³-hybridized carbons (Fsp3) is 0.462. The van der Waals surface area contributed by atoms with Crippen molar-refractivity contribution in [3.8, 4) is 0 Å². The number of carbonyl (C=O) groups excluding carboxylic acids is 1. The molecule has 18 heavy (non-hydrogen) atoms. The maximum absolute atomic E-state index is 12.7. The topological polar surface area (TPSA) is 50.4 Å². The molecule has 5 heteroatoms. The molecule has 1 aliphatic heterocycles. The Balaban J connectivity index is 1.72. The molecule has 2 N–H and O–H groups in total. The number of halogens is 1. The first-order valence-corrected chi connectivity index (χ1v) is 6.14. The molecule has 98 valence electrons. The Bertz CT molecular complexity index is 388. The molecule has 0 saturated carbocycles. The molecule has 0 spiro atoms. The van der Waals surface area contributed by atoms with Gasteiger partial charge in [0, 0.05) is 13.1 Å². The van der Waals surface area contributed by atoms with Gasteiger partial charge in [-0.15, -0.1) is 0 Å². The molecule has 0 aromatic heterocycles. The summed E-state index contributed by atoms with van der Waals surface area (Å²) in [6.45, 7) is 2.04. The number of rotatable bonds is 3. The molecule has 0 bridgehead atoms. The Kier molecular flexibility index (Phi) is 4.52. The van der Waals surface area contributed by atoms with E-state index in [0.29, 0.717) is 13.1 Å². The average molecular weight is 252 g/mol. The fourth-order valence-electron chi connectivity index (χ4n) is 1.89. The molecule has 0 radical (unpaired) electrons. The lowest BCUT2D eigenvalue weighted by Gasteiger charge is -2.22. The highest BCUT2D eigenvalue weighted by molar-refractivity contribution is 5.67. The summed E-state index contributed by atoms with van der Waals surface area (Å²) >= 11 is 0. The molecule has 1 heterocycles. The summed E-state index contributed by atoms with van der Waals surface area (Å²) in [4.78, 5) is 11.5. The lowest BCUT2D eigenvalue weighted by atomic mass is 10.1. The molecule has 1 saturated heterocycles. The minimum atomic E-state index is -0.423. The molecular formula is C13H17FN2O2. The lowest BCUT2D eigenvalue weighted by molar-refractivity contribution is 0.0821. The fourth-order valence-corrected chi connectivity index (χ4v) is 1.89. The van der Waals surface area contributed by atoms with Gasteiger partial charge in [-0.2, -0.15) is 0 Å². The van der Waals surface area contributed by atoms with Gasteiger partial charge < -0.3 is 15.4 Å². The van der Waals surface area contributed by atoms with Gasteiger partial charge >= 0.3 is 6.09 Å². The molecule has 1 amide bonds. The van der Waals surface area contributed by atoms with Crippen molar-refractivity contribution in [1.29, 1.82) is 0 Å². The number of amides is 1. The van der Waals surface area contributed by atoms with Crippen molar-refractivity contribution in [3.63, 3.8) is 0 Å². The van der Waals surface area contributed by atoms with E-state index in [9.17, 15) is 9.18 Å². The molecule has 1 aromatic rings. The van der Waals surface area contributed by atoms with Crippen LogP contribution in [0.2, 0.25) is 0 Å². The standard InChI is InChI=1S/C13H17FN2O2/c14-11-5-3-10(4-6-11)8-16-13(17)18-12-2-1-7-15-9-12/h3-6,12,15H,1-2,7-9H2,(H,16,17). The van der Waals surface area contributed by atoms with Crippen LogP contribution < -0.4 is 10.6 Å². The van der Waals surface area contributed by atoms with Crippen LogP contribution in [0.1, 0.15) is 18.4 Å². The van der Waals surface area contributed by atoms with Gasteiger partial charge in [-0.05, 0) is 37.1 Å². The van der Waals surface area contributed by atoms with Crippen molar-refractivity contribution < 1.29 is 13.9 Å². The zero-order valence-electron chi connectivity index (χ0n) is 10.1. The van der Waals surface area contributed by atoms with Gasteiger partial charge in [0.2, 0.25) is 0 Å². The van der Waals surface area contributed by atoms with E-state index in [4.69, 9.17) is 4.74 Å². The number of benzene rings is 1. The lowest BCUT2D eigenvalue weighted by Crippen LogP contribution is -2.39. The number of ether oxygens (including phenoxy) is 1. The molecular weight excluding hydrogens is 235 g/mol. The first-order valence-electron chi connectivity index (χ1n) is 6.14. The quantitative estimate of drug-likeness (QED) is 0.862. The van der Waals surface area contributed by atoms with Gasteiger partial charge in [0.15, 0.2) is 0 Å². The SMILES string of the molecule is O=C(NCc1ccc(F)cc1)OC1CCCNC1. The van der Waals surface area contributed by atoms with E-state index in [2.05, 4.69) is 10.6 Å². The third-order valence-electron chi connectivity index (χ3n) is 2.88. The predicted octanol–water partition coefficient (Wildman–Crippen LogP) is 1.80. The normalized spacial score (nSPS) is 19.3. The van der Waals surface area contributed by atoms with Crippen molar-refractivity contribution >= 4 is 6.09 Å². The molecule has 1 fully saturated rings. The first kappa shape index (κ1) is 12.8. The van der Waals surface area contributed by atoms with Crippen LogP contribution in [0.5, 0.6) is 0 Å². The van der Waals surface area contributed by atoms with E-state index in [1.807, 2.05) is 0 Å². The van der Waals surface area contributed by atoms with Crippen LogP contribution in [-0.4, -0.2) is 25.3 Å². The van der Waals surface area contributed by atoms with Gasteiger partial charge in [0.25, 0.3) is 0 Å². The predicted molar refractivity (Wildman–Crippen MR) is 65.6 cm³/mol. The summed E-state index contributed by atoms with van der Waals surface area (Å²) < 4.78 is 17.9. The van der Waals surface area contributed by atoms with Crippen molar-refractivity contribution in [3.05, 3.63) is 35.6 Å². The minimum Gasteiger partial charge on any atom is -0.445 e. The van der Waals surface area contributed by atoms with Gasteiger partial charge in [0.05, 0.1) is 0 Å². The monoisotopic (exact) mass is 252 g/mol. The second-order valence-electron chi connectivity index (χ2n) is 4.35. The Morgan fingerprint density at radius 3 is 2.89 bits per heavy atom. The maximum Gasteiger partial charge on any atom is 0.407 e. The summed E-state index contributed by atoms with van der Waals surface area (Å²) in [7, 11) is 0. The second kappa shape index (κ2) is 6.35. The van der Waals surface area contributed by atoms with Crippen LogP contribution in [0.3, 0.4) is 0 Å². The van der Waals surface area contributed by atoms with E-state index < -0.39 is 6.09 Å². The number of piperidine rings is 1. The molecule has 1 unspecified atom stereocenters. The van der Waals surface area contributed by atoms with Gasteiger partial charge in [-0.1, -0.05) is 12.1 Å². The molecule has 4 nitrogen and oxygen atoms in total. The van der Waals surface area contributed by atoms with Crippen molar-refractivity contribution in [2.45, 2.75) is 25.5 Å². The van der Waals surface area contributed by atoms with E-state index in [-0.39, 0.29) is 11.9 Å². The van der Waals surface area contributed by atoms with Crippen molar-refractivity contribution in [2.24, 2.45) is 0 Å². The number of carbonyl (C=O) groups is 1. The zero-order chi connectivity index (χ0) is 12.8. The Hall–Kier alpha value is -1.62. The van der Waals surface area contributed by atoms with Crippen LogP contribution in [0.4, 0.5) is 9.18 Å². The van der Waals surface area contributed by atoms with E-state index >= 15 is 0 Å². The third-order valence-corrected chi connectivity index (χ3v) is 2.88. The van der Waals surface area contributed by atoms with E-state index in [1.54, 1.807) is 12.1 Å². The van der Waals surface area contributed by atoms with E-state index in [1.165, 1.54) is 12.1 Å². The number of alkyl carbamates (subject to hydrolysis) is 1. The van der Waals surface area contributed by atoms with Gasteiger partial charge in [0.1, 0.15) is 11.9 Å². The van der Waals surface area contributed by atoms with Crippen LogP contribution in [-0.2, 0) is 11.3 Å². The second-order valence-corrected chi connectivity index (χ2v) is 4.35. The summed E-state index contributed by atoms with van der Waals surface area (Å²) in [5, 5.41) is 5.83. The highest BCUT2D eigenvalue weighted by Gasteiger charge is 2.16. The van der Waals surface area contributed by atoms with Crippen LogP contribution in [0, 0.1) is 5.82 Å². The highest BCUT2D eigenvalue weighted by Crippen LogP contribution is 2.06. The number of hydrogen-bond donors (Lipinski definition) is 2. The van der Waals surface area contributed by atoms with Crippen LogP contribution in [0.25, 0.3) is 0 Å². The Labute approximate surface area is 106 Å². The summed E-state index contributed by atoms with van der Waals surface area (Å²) in [6.07, 6.45) is 1.45. The first-order chi connectivity index (χ1) is 8.74. The van der Waals surface area contributed by atoms with E-state index in [0.717, 1.165) is 24.9 Å². The third kappa shape index (κ3) is 4.00. The molecule has 1 atom stereocenters. The number of hydrogen-bond acceptors (Lipinski definition) is 3. The molecule has 0 aliphatic carbocycles. The smallest absolute Gasteiger partial charge is 0.407 e. The van der Waals surface area contributed by atoms with Crippen LogP contribution >= 0.6 is 0 Å². The Morgan fingerprint density at radius 1 is 1.44 bits per heavy atom. The molecule has 2 rings (SSSR count). The summed E-state index contributed by atoms with van der Waals surface area (Å²) in [5.41, 5.74) is 0.843. The van der Waals surface area contributed by atoms with Gasteiger partial charge in [-0.25, -0.2) is 9.18 Å². The number of nitrogens with one attached hydrogen (secondary N) is 2. The van der Waals surface area contributed by atoms with Crippen molar-refractivity contribution in [2.75, 3.05) is 13.1 Å². The zero-order valence-corrected chi connectivity index (χ0v) is 10.1. The van der Waals surface area contributed by atoms with Gasteiger partial charge in [-0.3, -0.25) is 0 Å². The summed E-state index contributed by atoms with van der Waals surface area (Å²) in [6, 6.07) is 6.01.